The van der Waals surface area contributed by atoms with Gasteiger partial charge in [-0.2, -0.15) is 9.46 Å². The molecule has 2 atom stereocenters. The maximum Gasteiger partial charge on any atom is 0.410 e. The van der Waals surface area contributed by atoms with Gasteiger partial charge in [0.2, 0.25) is 5.88 Å². The summed E-state index contributed by atoms with van der Waals surface area (Å²) < 4.78 is 53.1. The Hall–Kier alpha value is -5.69. The maximum atomic E-state index is 16.2. The van der Waals surface area contributed by atoms with Gasteiger partial charge in [0, 0.05) is 12.7 Å². The van der Waals surface area contributed by atoms with Crippen molar-refractivity contribution in [1.29, 1.82) is 0 Å². The van der Waals surface area contributed by atoms with Crippen molar-refractivity contribution >= 4 is 27.7 Å². The van der Waals surface area contributed by atoms with Crippen LogP contribution < -0.4 is 14.8 Å². The van der Waals surface area contributed by atoms with Gasteiger partial charge in [-0.1, -0.05) is 91.0 Å². The second-order valence-electron chi connectivity index (χ2n) is 15.5. The Bertz CT molecular complexity index is 2330. The summed E-state index contributed by atoms with van der Waals surface area (Å²) >= 11 is 0. The van der Waals surface area contributed by atoms with Crippen molar-refractivity contribution in [3.8, 4) is 5.88 Å². The topological polar surface area (TPSA) is 127 Å². The van der Waals surface area contributed by atoms with Crippen molar-refractivity contribution in [3.05, 3.63) is 142 Å². The van der Waals surface area contributed by atoms with E-state index in [1.807, 2.05) is 91.0 Å². The second kappa shape index (κ2) is 14.4. The molecule has 13 heteroatoms. The van der Waals surface area contributed by atoms with Crippen LogP contribution in [0.2, 0.25) is 0 Å². The number of carbonyl (C=O) groups is 2. The summed E-state index contributed by atoms with van der Waals surface area (Å²) in [6, 6.07) is 27.4. The molecule has 0 saturated carbocycles. The van der Waals surface area contributed by atoms with Crippen molar-refractivity contribution in [3.63, 3.8) is 0 Å². The lowest BCUT2D eigenvalue weighted by molar-refractivity contribution is 0.0101. The number of halogens is 1. The molecule has 3 amide bonds. The third kappa shape index (κ3) is 6.67. The van der Waals surface area contributed by atoms with Gasteiger partial charge in [-0.3, -0.25) is 0 Å². The fourth-order valence-electron chi connectivity index (χ4n) is 7.92. The number of fused-ring (bicyclic) bond motifs is 3. The van der Waals surface area contributed by atoms with Gasteiger partial charge in [0.1, 0.15) is 28.5 Å². The van der Waals surface area contributed by atoms with Crippen LogP contribution in [0, 0.1) is 5.82 Å². The molecule has 2 aliphatic carbocycles. The molecule has 1 unspecified atom stereocenters. The highest BCUT2D eigenvalue weighted by Crippen LogP contribution is 2.45. The zero-order chi connectivity index (χ0) is 39.2. The van der Waals surface area contributed by atoms with E-state index in [1.54, 1.807) is 27.8 Å². The Kier molecular flexibility index (Phi) is 9.60. The summed E-state index contributed by atoms with van der Waals surface area (Å²) in [4.78, 5) is 28.9. The second-order valence-corrected chi connectivity index (χ2v) is 17.4. The summed E-state index contributed by atoms with van der Waals surface area (Å²) in [5.74, 6) is -0.0103. The molecule has 11 nitrogen and oxygen atoms in total. The normalized spacial score (nSPS) is 16.8. The average molecular weight is 777 g/mol. The number of ether oxygens (including phenoxy) is 2. The van der Waals surface area contributed by atoms with Crippen LogP contribution in [0.1, 0.15) is 66.1 Å². The highest BCUT2D eigenvalue weighted by molar-refractivity contribution is 7.92. The number of hydrogen-bond donors (Lipinski definition) is 2. The van der Waals surface area contributed by atoms with Crippen molar-refractivity contribution < 1.29 is 27.7 Å². The number of nitrogens with zero attached hydrogens (tertiary/aromatic N) is 4. The van der Waals surface area contributed by atoms with E-state index in [1.165, 1.54) is 15.8 Å². The van der Waals surface area contributed by atoms with Gasteiger partial charge in [0.25, 0.3) is 0 Å². The first-order valence-electron chi connectivity index (χ1n) is 18.9. The van der Waals surface area contributed by atoms with Crippen molar-refractivity contribution in [2.75, 3.05) is 19.0 Å². The van der Waals surface area contributed by atoms with Crippen molar-refractivity contribution in [1.82, 2.24) is 19.4 Å². The molecule has 0 radical (unpaired) electrons. The molecule has 290 valence electrons. The number of carbonyl (C=O) groups excluding carboxylic acids is 2. The summed E-state index contributed by atoms with van der Waals surface area (Å²) in [6.07, 6.45) is 4.17. The van der Waals surface area contributed by atoms with E-state index in [4.69, 9.17) is 13.8 Å². The van der Waals surface area contributed by atoms with E-state index in [-0.39, 0.29) is 29.7 Å². The quantitative estimate of drug-likeness (QED) is 0.155. The SMILES string of the molecule is CN(C(=O)OC(C)(C)C)[C@@H]1COc2c(S(=O)(=NC(c3ccccc3)(c3ccccc3)c3ccccc3)NC(=O)Nc3c4c(c(F)c5c3CC5)CCC4)cnn2C1. The van der Waals surface area contributed by atoms with Gasteiger partial charge in [-0.25, -0.2) is 27.6 Å². The van der Waals surface area contributed by atoms with Crippen LogP contribution in [0.15, 0.2) is 106 Å². The molecule has 2 N–H and O–H groups in total. The number of likely N-dealkylation sites (N-methyl/N-ethyl adjacent to an activating group) is 1. The van der Waals surface area contributed by atoms with Crippen LogP contribution in [0.25, 0.3) is 0 Å². The van der Waals surface area contributed by atoms with Gasteiger partial charge in [0.15, 0.2) is 9.92 Å². The predicted octanol–water partition coefficient (Wildman–Crippen LogP) is 7.79. The molecule has 8 rings (SSSR count). The number of rotatable bonds is 8. The Balaban J connectivity index is 1.28. The van der Waals surface area contributed by atoms with Crippen LogP contribution in [0.4, 0.5) is 19.7 Å². The highest BCUT2D eigenvalue weighted by atomic mass is 32.2. The van der Waals surface area contributed by atoms with E-state index >= 15 is 8.60 Å². The molecule has 4 aromatic carbocycles. The number of nitrogens with one attached hydrogen (secondary N) is 2. The number of aromatic nitrogens is 2. The Morgan fingerprint density at radius 3 is 1.96 bits per heavy atom. The van der Waals surface area contributed by atoms with E-state index in [0.29, 0.717) is 59.2 Å². The lowest BCUT2D eigenvalue weighted by Gasteiger charge is -2.34. The van der Waals surface area contributed by atoms with Crippen molar-refractivity contribution in [2.24, 2.45) is 4.36 Å². The lowest BCUT2D eigenvalue weighted by Crippen LogP contribution is -2.48. The summed E-state index contributed by atoms with van der Waals surface area (Å²) in [5.41, 5.74) is 3.47. The zero-order valence-electron chi connectivity index (χ0n) is 31.9. The molecule has 0 spiro atoms. The van der Waals surface area contributed by atoms with E-state index in [0.717, 1.165) is 17.5 Å². The number of amides is 3. The number of hydrogen-bond acceptors (Lipinski definition) is 7. The third-order valence-electron chi connectivity index (χ3n) is 10.7. The Labute approximate surface area is 326 Å². The van der Waals surface area contributed by atoms with Gasteiger partial charge in [-0.05, 0) is 91.8 Å². The first-order chi connectivity index (χ1) is 26.9. The summed E-state index contributed by atoms with van der Waals surface area (Å²) in [6.45, 7) is 5.65. The summed E-state index contributed by atoms with van der Waals surface area (Å²) in [7, 11) is -2.38. The Morgan fingerprint density at radius 2 is 1.41 bits per heavy atom. The molecule has 0 bridgehead atoms. The first kappa shape index (κ1) is 37.2. The fraction of sp³-hybridized carbons (Fsp3) is 0.326. The minimum Gasteiger partial charge on any atom is -0.475 e. The maximum absolute atomic E-state index is 16.2. The molecular formula is C43H45FN6O5S. The molecule has 2 heterocycles. The smallest absolute Gasteiger partial charge is 0.410 e. The van der Waals surface area contributed by atoms with Gasteiger partial charge in [0.05, 0.1) is 18.8 Å². The zero-order valence-corrected chi connectivity index (χ0v) is 32.7. The van der Waals surface area contributed by atoms with E-state index < -0.39 is 39.2 Å². The number of urea groups is 1. The summed E-state index contributed by atoms with van der Waals surface area (Å²) in [5, 5.41) is 7.58. The minimum absolute atomic E-state index is 0.0468. The Morgan fingerprint density at radius 1 is 0.875 bits per heavy atom. The molecule has 3 aliphatic rings. The highest BCUT2D eigenvalue weighted by Gasteiger charge is 2.42. The van der Waals surface area contributed by atoms with E-state index in [9.17, 15) is 9.59 Å². The van der Waals surface area contributed by atoms with Crippen LogP contribution in [0.3, 0.4) is 0 Å². The van der Waals surface area contributed by atoms with Crippen LogP contribution in [-0.2, 0) is 52.4 Å². The van der Waals surface area contributed by atoms with Crippen LogP contribution >= 0.6 is 0 Å². The first-order valence-corrected chi connectivity index (χ1v) is 20.4. The standard InChI is InChI=1S/C43H45FN6O5S/c1-42(2,3)55-41(52)49(4)31-26-50-39(54-27-31)36(25-45-50)56(53,47-40(51)46-38-34-22-14-21-32(34)37(44)33-23-24-35(33)38)48-43(28-15-8-5-9-16-28,29-17-10-6-11-18-29)30-19-12-7-13-20-30/h5-13,15-20,25,31H,14,21-24,26-27H2,1-4H3,(H2,46,47,48,51,53)/t31-,56?/m0/s1. The van der Waals surface area contributed by atoms with Crippen LogP contribution in [-0.4, -0.2) is 56.3 Å². The third-order valence-corrected chi connectivity index (χ3v) is 12.6. The molecule has 56 heavy (non-hydrogen) atoms. The van der Waals surface area contributed by atoms with Gasteiger partial charge < -0.3 is 19.7 Å². The number of anilines is 1. The molecule has 0 saturated heterocycles. The predicted molar refractivity (Wildman–Crippen MR) is 212 cm³/mol. The monoisotopic (exact) mass is 776 g/mol. The van der Waals surface area contributed by atoms with Gasteiger partial charge >= 0.3 is 12.1 Å². The molecule has 0 fully saturated rings. The van der Waals surface area contributed by atoms with Crippen molar-refractivity contribution in [2.45, 2.75) is 81.5 Å². The fourth-order valence-corrected chi connectivity index (χ4v) is 9.77. The molecule has 1 aliphatic heterocycles. The largest absolute Gasteiger partial charge is 0.475 e. The van der Waals surface area contributed by atoms with Crippen LogP contribution in [0.5, 0.6) is 5.88 Å². The van der Waals surface area contributed by atoms with Gasteiger partial charge in [-0.15, -0.1) is 0 Å². The molecule has 1 aromatic heterocycles. The lowest BCUT2D eigenvalue weighted by atomic mass is 9.78. The molecular weight excluding hydrogens is 732 g/mol. The molecule has 5 aromatic rings. The van der Waals surface area contributed by atoms with E-state index in [2.05, 4.69) is 15.1 Å². The minimum atomic E-state index is -4.02. The average Bonchev–Trinajstić information content (AvgIpc) is 3.84. The number of benzene rings is 4.